The number of nitrogens with zero attached hydrogens (tertiary/aromatic N) is 3. The van der Waals surface area contributed by atoms with Crippen molar-refractivity contribution in [2.75, 3.05) is 37.0 Å². The van der Waals surface area contributed by atoms with E-state index in [2.05, 4.69) is 15.6 Å². The minimum atomic E-state index is -4.32. The number of fused-ring (bicyclic) bond motifs is 1. The molecule has 1 aromatic heterocycles. The predicted octanol–water partition coefficient (Wildman–Crippen LogP) is 7.03. The zero-order chi connectivity index (χ0) is 29.2. The van der Waals surface area contributed by atoms with Crippen molar-refractivity contribution in [3.63, 3.8) is 0 Å². The van der Waals surface area contributed by atoms with Gasteiger partial charge in [0.25, 0.3) is 6.43 Å². The topological polar surface area (TPSA) is 71.4 Å². The summed E-state index contributed by atoms with van der Waals surface area (Å²) in [5.74, 6) is -2.14. The second-order valence-electron chi connectivity index (χ2n) is 9.37. The van der Waals surface area contributed by atoms with Crippen LogP contribution in [0.4, 0.5) is 39.3 Å². The van der Waals surface area contributed by atoms with Crippen molar-refractivity contribution < 1.29 is 31.5 Å². The minimum absolute atomic E-state index is 0.00319. The van der Waals surface area contributed by atoms with Crippen molar-refractivity contribution in [1.82, 2.24) is 14.9 Å². The van der Waals surface area contributed by atoms with Crippen LogP contribution in [0.1, 0.15) is 35.7 Å². The second kappa shape index (κ2) is 12.4. The molecule has 0 aliphatic carbocycles. The molecule has 2 heterocycles. The smallest absolute Gasteiger partial charge is 0.391 e. The average Bonchev–Trinajstić information content (AvgIpc) is 3.22. The van der Waals surface area contributed by atoms with E-state index in [9.17, 15) is 26.7 Å². The van der Waals surface area contributed by atoms with Crippen molar-refractivity contribution in [3.8, 4) is 0 Å². The Morgan fingerprint density at radius 3 is 2.50 bits per heavy atom. The number of rotatable bonds is 9. The first-order valence-electron chi connectivity index (χ1n) is 12.6. The van der Waals surface area contributed by atoms with Crippen LogP contribution in [0.2, 0.25) is 10.0 Å². The number of carbonyl (C=O) groups is 1. The number of aromatic nitrogens is 2. The van der Waals surface area contributed by atoms with Crippen LogP contribution in [0.15, 0.2) is 24.3 Å². The molecular weight excluding hydrogens is 580 g/mol. The Labute approximate surface area is 237 Å². The third-order valence-corrected chi connectivity index (χ3v) is 7.50. The molecular formula is C26H28Cl2F5N5O2. The van der Waals surface area contributed by atoms with Gasteiger partial charge in [-0.05, 0) is 50.6 Å². The van der Waals surface area contributed by atoms with Crippen LogP contribution in [-0.4, -0.2) is 54.9 Å². The van der Waals surface area contributed by atoms with Crippen molar-refractivity contribution in [2.45, 2.75) is 45.5 Å². The number of piperidine rings is 1. The first kappa shape index (κ1) is 30.1. The molecule has 218 valence electrons. The lowest BCUT2D eigenvalue weighted by atomic mass is 9.95. The lowest BCUT2D eigenvalue weighted by molar-refractivity contribution is -0.179. The first-order chi connectivity index (χ1) is 18.9. The molecule has 40 heavy (non-hydrogen) atoms. The van der Waals surface area contributed by atoms with Crippen LogP contribution in [0.25, 0.3) is 11.0 Å². The lowest BCUT2D eigenvalue weighted by Gasteiger charge is -2.35. The lowest BCUT2D eigenvalue weighted by Crippen LogP contribution is -2.39. The van der Waals surface area contributed by atoms with Crippen LogP contribution in [0, 0.1) is 5.92 Å². The molecule has 0 bridgehead atoms. The molecule has 3 aromatic rings. The van der Waals surface area contributed by atoms with E-state index in [1.807, 2.05) is 0 Å². The van der Waals surface area contributed by atoms with Crippen LogP contribution in [-0.2, 0) is 17.8 Å². The van der Waals surface area contributed by atoms with E-state index in [1.54, 1.807) is 31.0 Å². The molecule has 1 fully saturated rings. The number of imidazole rings is 1. The number of alkyl halides is 5. The SMILES string of the molecule is CCOC(=O)c1cc2nc(Nc3c(Cl)ccc(CNC)c3Cl)n(CC(F)F)c2cc1N1CCC(C(F)(F)F)CC1. The van der Waals surface area contributed by atoms with Crippen molar-refractivity contribution >= 4 is 57.5 Å². The molecule has 0 radical (unpaired) electrons. The van der Waals surface area contributed by atoms with Gasteiger partial charge in [0.05, 0.1) is 57.1 Å². The Balaban J connectivity index is 1.82. The number of benzene rings is 2. The number of halogens is 7. The molecule has 0 atom stereocenters. The van der Waals surface area contributed by atoms with Gasteiger partial charge >= 0.3 is 12.1 Å². The highest BCUT2D eigenvalue weighted by atomic mass is 35.5. The largest absolute Gasteiger partial charge is 0.462 e. The summed E-state index contributed by atoms with van der Waals surface area (Å²) < 4.78 is 73.7. The second-order valence-corrected chi connectivity index (χ2v) is 10.2. The van der Waals surface area contributed by atoms with E-state index < -0.39 is 31.0 Å². The fourth-order valence-electron chi connectivity index (χ4n) is 4.81. The molecule has 2 aromatic carbocycles. The van der Waals surface area contributed by atoms with Gasteiger partial charge in [-0.2, -0.15) is 13.2 Å². The normalized spacial score (nSPS) is 14.8. The summed E-state index contributed by atoms with van der Waals surface area (Å²) >= 11 is 12.9. The molecule has 14 heteroatoms. The molecule has 2 N–H and O–H groups in total. The van der Waals surface area contributed by atoms with Gasteiger partial charge in [0.2, 0.25) is 5.95 Å². The molecule has 0 amide bonds. The molecule has 1 aliphatic rings. The Bertz CT molecular complexity index is 1370. The maximum atomic E-state index is 13.8. The van der Waals surface area contributed by atoms with Crippen LogP contribution >= 0.6 is 23.2 Å². The van der Waals surface area contributed by atoms with E-state index in [1.165, 1.54) is 16.7 Å². The summed E-state index contributed by atoms with van der Waals surface area (Å²) in [4.78, 5) is 19.0. The maximum Gasteiger partial charge on any atom is 0.391 e. The van der Waals surface area contributed by atoms with Gasteiger partial charge in [0.1, 0.15) is 0 Å². The van der Waals surface area contributed by atoms with E-state index >= 15 is 0 Å². The Kier molecular flexibility index (Phi) is 9.31. The van der Waals surface area contributed by atoms with Gasteiger partial charge in [-0.1, -0.05) is 29.3 Å². The summed E-state index contributed by atoms with van der Waals surface area (Å²) in [5, 5.41) is 6.47. The van der Waals surface area contributed by atoms with Crippen molar-refractivity contribution in [3.05, 3.63) is 45.4 Å². The van der Waals surface area contributed by atoms with Gasteiger partial charge < -0.3 is 24.8 Å². The van der Waals surface area contributed by atoms with Crippen molar-refractivity contribution in [1.29, 1.82) is 0 Å². The highest BCUT2D eigenvalue weighted by molar-refractivity contribution is 6.39. The van der Waals surface area contributed by atoms with Crippen LogP contribution in [0.3, 0.4) is 0 Å². The highest BCUT2D eigenvalue weighted by Gasteiger charge is 2.41. The third kappa shape index (κ3) is 6.39. The molecule has 7 nitrogen and oxygen atoms in total. The fourth-order valence-corrected chi connectivity index (χ4v) is 5.34. The summed E-state index contributed by atoms with van der Waals surface area (Å²) in [6.45, 7) is 1.42. The molecule has 4 rings (SSSR count). The molecule has 0 unspecified atom stereocenters. The maximum absolute atomic E-state index is 13.8. The highest BCUT2D eigenvalue weighted by Crippen LogP contribution is 2.39. The minimum Gasteiger partial charge on any atom is -0.462 e. The van der Waals surface area contributed by atoms with Gasteiger partial charge in [0, 0.05) is 19.6 Å². The van der Waals surface area contributed by atoms with E-state index in [4.69, 9.17) is 27.9 Å². The quantitative estimate of drug-likeness (QED) is 0.201. The summed E-state index contributed by atoms with van der Waals surface area (Å²) in [7, 11) is 1.74. The number of ether oxygens (including phenoxy) is 1. The molecule has 1 aliphatic heterocycles. The summed E-state index contributed by atoms with van der Waals surface area (Å²) in [6, 6.07) is 6.25. The van der Waals surface area contributed by atoms with Crippen LogP contribution in [0.5, 0.6) is 0 Å². The molecule has 0 saturated carbocycles. The Morgan fingerprint density at radius 1 is 1.20 bits per heavy atom. The van der Waals surface area contributed by atoms with Gasteiger partial charge in [-0.15, -0.1) is 0 Å². The number of carbonyl (C=O) groups excluding carboxylic acids is 1. The number of anilines is 3. The standard InChI is InChI=1S/C26H28Cl2F5N5O2/c1-3-40-24(39)16-10-18-20(11-19(16)37-8-6-15(7-9-37)26(31,32)33)38(13-21(29)30)25(35-18)36-23-17(27)5-4-14(12-34-2)22(23)28/h4-5,10-11,15,21,34H,3,6-9,12-13H2,1-2H3,(H,35,36). The van der Waals surface area contributed by atoms with Crippen LogP contribution < -0.4 is 15.5 Å². The summed E-state index contributed by atoms with van der Waals surface area (Å²) in [5.41, 5.74) is 1.81. The predicted molar refractivity (Wildman–Crippen MR) is 145 cm³/mol. The number of hydrogen-bond donors (Lipinski definition) is 2. The number of hydrogen-bond acceptors (Lipinski definition) is 6. The zero-order valence-electron chi connectivity index (χ0n) is 21.7. The average molecular weight is 608 g/mol. The van der Waals surface area contributed by atoms with E-state index in [0.29, 0.717) is 17.8 Å². The third-order valence-electron chi connectivity index (χ3n) is 6.76. The molecule has 1 saturated heterocycles. The number of esters is 1. The van der Waals surface area contributed by atoms with Gasteiger partial charge in [-0.3, -0.25) is 0 Å². The Hall–Kier alpha value is -2.83. The van der Waals surface area contributed by atoms with E-state index in [-0.39, 0.29) is 70.8 Å². The molecule has 0 spiro atoms. The fraction of sp³-hybridized carbons (Fsp3) is 0.462. The zero-order valence-corrected chi connectivity index (χ0v) is 23.2. The van der Waals surface area contributed by atoms with Gasteiger partial charge in [-0.25, -0.2) is 18.6 Å². The van der Waals surface area contributed by atoms with Crippen molar-refractivity contribution in [2.24, 2.45) is 5.92 Å². The first-order valence-corrected chi connectivity index (χ1v) is 13.4. The Morgan fingerprint density at radius 2 is 1.90 bits per heavy atom. The monoisotopic (exact) mass is 607 g/mol. The summed E-state index contributed by atoms with van der Waals surface area (Å²) in [6.07, 6.45) is -7.40. The van der Waals surface area contributed by atoms with E-state index in [0.717, 1.165) is 0 Å². The number of nitrogens with one attached hydrogen (secondary N) is 2. The van der Waals surface area contributed by atoms with Gasteiger partial charge in [0.15, 0.2) is 0 Å².